The molecule has 1 aliphatic heterocycles. The van der Waals surface area contributed by atoms with Gasteiger partial charge in [0.15, 0.2) is 6.04 Å². The number of aliphatic carboxylic acids is 1. The molecule has 1 saturated heterocycles. The van der Waals surface area contributed by atoms with E-state index in [0.29, 0.717) is 4.90 Å². The molecule has 1 aliphatic rings. The van der Waals surface area contributed by atoms with E-state index in [1.807, 2.05) is 0 Å². The van der Waals surface area contributed by atoms with Gasteiger partial charge in [0, 0.05) is 6.54 Å². The first-order valence-electron chi connectivity index (χ1n) is 3.51. The van der Waals surface area contributed by atoms with Crippen LogP contribution >= 0.6 is 0 Å². The second-order valence-corrected chi connectivity index (χ2v) is 2.57. The number of amides is 2. The van der Waals surface area contributed by atoms with Crippen molar-refractivity contribution in [2.24, 2.45) is 0 Å². The number of carbonyl (C=O) groups excluding carboxylic acids is 1. The van der Waals surface area contributed by atoms with Gasteiger partial charge in [0.05, 0.1) is 0 Å². The average molecular weight is 188 g/mol. The van der Waals surface area contributed by atoms with Gasteiger partial charge < -0.3 is 15.5 Å². The molecule has 0 aromatic rings. The number of hydrogen-bond donors (Lipinski definition) is 3. The van der Waals surface area contributed by atoms with Crippen LogP contribution < -0.4 is 5.32 Å². The van der Waals surface area contributed by atoms with Crippen LogP contribution in [0.4, 0.5) is 4.79 Å². The van der Waals surface area contributed by atoms with Gasteiger partial charge in [-0.3, -0.25) is 9.69 Å². The van der Waals surface area contributed by atoms with Crippen LogP contribution in [-0.2, 0) is 9.59 Å². The summed E-state index contributed by atoms with van der Waals surface area (Å²) in [4.78, 5) is 32.4. The average Bonchev–Trinajstić information content (AvgIpc) is 2.03. The van der Waals surface area contributed by atoms with E-state index in [0.717, 1.165) is 0 Å². The monoisotopic (exact) mass is 188 g/mol. The molecule has 1 fully saturated rings. The van der Waals surface area contributed by atoms with Gasteiger partial charge in [-0.1, -0.05) is 0 Å². The van der Waals surface area contributed by atoms with E-state index >= 15 is 0 Å². The predicted molar refractivity (Wildman–Crippen MR) is 39.2 cm³/mol. The molecule has 2 amide bonds. The fraction of sp³-hybridized carbons (Fsp3) is 0.500. The van der Waals surface area contributed by atoms with Gasteiger partial charge in [0.1, 0.15) is 6.54 Å². The quantitative estimate of drug-likeness (QED) is 0.466. The van der Waals surface area contributed by atoms with Gasteiger partial charge in [0.2, 0.25) is 5.91 Å². The Hall–Kier alpha value is -1.79. The Morgan fingerprint density at radius 3 is 2.54 bits per heavy atom. The lowest BCUT2D eigenvalue weighted by Gasteiger charge is -2.30. The molecule has 13 heavy (non-hydrogen) atoms. The van der Waals surface area contributed by atoms with E-state index in [-0.39, 0.29) is 6.54 Å². The molecule has 0 unspecified atom stereocenters. The highest BCUT2D eigenvalue weighted by atomic mass is 16.4. The van der Waals surface area contributed by atoms with Crippen molar-refractivity contribution in [3.8, 4) is 0 Å². The summed E-state index contributed by atoms with van der Waals surface area (Å²) < 4.78 is 0. The Labute approximate surface area is 72.9 Å². The molecule has 7 heteroatoms. The van der Waals surface area contributed by atoms with E-state index in [2.05, 4.69) is 5.32 Å². The van der Waals surface area contributed by atoms with Crippen LogP contribution in [0.3, 0.4) is 0 Å². The Morgan fingerprint density at radius 1 is 1.46 bits per heavy atom. The number of hydrogen-bond acceptors (Lipinski definition) is 3. The normalized spacial score (nSPS) is 22.3. The molecule has 3 N–H and O–H groups in total. The topological polar surface area (TPSA) is 107 Å². The molecule has 0 spiro atoms. The smallest absolute Gasteiger partial charge is 0.408 e. The maximum atomic E-state index is 10.7. The second kappa shape index (κ2) is 3.30. The van der Waals surface area contributed by atoms with Crippen LogP contribution in [0.15, 0.2) is 0 Å². The molecule has 0 radical (unpaired) electrons. The van der Waals surface area contributed by atoms with Crippen molar-refractivity contribution >= 4 is 18.0 Å². The van der Waals surface area contributed by atoms with E-state index in [4.69, 9.17) is 10.2 Å². The maximum absolute atomic E-state index is 10.7. The molecule has 1 atom stereocenters. The lowest BCUT2D eigenvalue weighted by molar-refractivity contribution is -0.144. The summed E-state index contributed by atoms with van der Waals surface area (Å²) in [6, 6.07) is -1.19. The van der Waals surface area contributed by atoms with Gasteiger partial charge in [-0.25, -0.2) is 9.59 Å². The molecular weight excluding hydrogens is 180 g/mol. The Morgan fingerprint density at radius 2 is 2.08 bits per heavy atom. The number of piperazine rings is 1. The molecule has 0 aromatic heterocycles. The van der Waals surface area contributed by atoms with Crippen LogP contribution in [0.5, 0.6) is 0 Å². The molecule has 1 rings (SSSR count). The van der Waals surface area contributed by atoms with Crippen molar-refractivity contribution < 1.29 is 24.6 Å². The number of nitrogens with one attached hydrogen (secondary N) is 1. The Kier molecular flexibility index (Phi) is 2.36. The first-order valence-corrected chi connectivity index (χ1v) is 3.51. The third-order valence-electron chi connectivity index (χ3n) is 1.71. The first kappa shape index (κ1) is 9.30. The van der Waals surface area contributed by atoms with Gasteiger partial charge in [-0.05, 0) is 0 Å². The minimum absolute atomic E-state index is 0.180. The van der Waals surface area contributed by atoms with Crippen LogP contribution in [0, 0.1) is 0 Å². The van der Waals surface area contributed by atoms with Crippen LogP contribution in [-0.4, -0.2) is 52.2 Å². The highest BCUT2D eigenvalue weighted by Gasteiger charge is 2.34. The summed E-state index contributed by atoms with van der Waals surface area (Å²) in [6.45, 7) is -0.604. The molecule has 1 heterocycles. The zero-order chi connectivity index (χ0) is 10.0. The van der Waals surface area contributed by atoms with Crippen LogP contribution in [0.1, 0.15) is 0 Å². The third-order valence-corrected chi connectivity index (χ3v) is 1.71. The predicted octanol–water partition coefficient (Wildman–Crippen LogP) is -1.45. The van der Waals surface area contributed by atoms with E-state index in [9.17, 15) is 14.4 Å². The summed E-state index contributed by atoms with van der Waals surface area (Å²) in [5.74, 6) is -1.75. The van der Waals surface area contributed by atoms with E-state index in [1.165, 1.54) is 0 Å². The fourth-order valence-electron chi connectivity index (χ4n) is 1.06. The molecule has 7 nitrogen and oxygen atoms in total. The van der Waals surface area contributed by atoms with Gasteiger partial charge in [-0.2, -0.15) is 0 Å². The van der Waals surface area contributed by atoms with Crippen molar-refractivity contribution in [3.05, 3.63) is 0 Å². The molecule has 72 valence electrons. The number of carboxylic acids is 1. The molecule has 0 saturated carbocycles. The van der Waals surface area contributed by atoms with Crippen molar-refractivity contribution in [1.29, 1.82) is 0 Å². The zero-order valence-electron chi connectivity index (χ0n) is 6.56. The Bertz CT molecular complexity index is 264. The highest BCUT2D eigenvalue weighted by molar-refractivity contribution is 5.88. The maximum Gasteiger partial charge on any atom is 0.408 e. The van der Waals surface area contributed by atoms with Crippen molar-refractivity contribution in [3.63, 3.8) is 0 Å². The number of nitrogens with zero attached hydrogens (tertiary/aromatic N) is 1. The summed E-state index contributed by atoms with van der Waals surface area (Å²) in [7, 11) is 0. The summed E-state index contributed by atoms with van der Waals surface area (Å²) in [6.07, 6.45) is -1.40. The molecule has 0 aliphatic carbocycles. The molecule has 0 bridgehead atoms. The third kappa shape index (κ3) is 1.86. The molecule has 0 aromatic carbocycles. The van der Waals surface area contributed by atoms with E-state index < -0.39 is 30.6 Å². The largest absolute Gasteiger partial charge is 0.480 e. The summed E-state index contributed by atoms with van der Waals surface area (Å²) >= 11 is 0. The van der Waals surface area contributed by atoms with Crippen LogP contribution in [0.2, 0.25) is 0 Å². The van der Waals surface area contributed by atoms with Crippen LogP contribution in [0.25, 0.3) is 0 Å². The Balaban J connectivity index is 2.77. The first-order chi connectivity index (χ1) is 6.02. The zero-order valence-corrected chi connectivity index (χ0v) is 6.56. The number of carbonyl (C=O) groups is 3. The second-order valence-electron chi connectivity index (χ2n) is 2.57. The minimum Gasteiger partial charge on any atom is -0.480 e. The van der Waals surface area contributed by atoms with E-state index in [1.54, 1.807) is 0 Å². The van der Waals surface area contributed by atoms with Crippen molar-refractivity contribution in [2.75, 3.05) is 13.1 Å². The van der Waals surface area contributed by atoms with Gasteiger partial charge in [-0.15, -0.1) is 0 Å². The molecular formula is C6H8N2O5. The fourth-order valence-corrected chi connectivity index (χ4v) is 1.06. The number of carboxylic acid groups (broad SMARTS) is 2. The lowest BCUT2D eigenvalue weighted by atomic mass is 10.2. The standard InChI is InChI=1S/C6H8N2O5/c9-4-2-8(6(12)13)3(1-7-4)5(10)11/h3H,1-2H2,(H,7,9)(H,10,11)(H,12,13)/t3-/m0/s1. The number of rotatable bonds is 1. The lowest BCUT2D eigenvalue weighted by Crippen LogP contribution is -2.58. The van der Waals surface area contributed by atoms with Gasteiger partial charge in [0.25, 0.3) is 0 Å². The highest BCUT2D eigenvalue weighted by Crippen LogP contribution is 2.04. The van der Waals surface area contributed by atoms with Crippen molar-refractivity contribution in [1.82, 2.24) is 10.2 Å². The van der Waals surface area contributed by atoms with Gasteiger partial charge >= 0.3 is 12.1 Å². The minimum atomic E-state index is -1.40. The SMILES string of the molecule is O=C1CN(C(=O)O)[C@H](C(=O)O)CN1. The summed E-state index contributed by atoms with van der Waals surface area (Å²) in [5, 5.41) is 19.4. The summed E-state index contributed by atoms with van der Waals surface area (Å²) in [5.41, 5.74) is 0. The van der Waals surface area contributed by atoms with Crippen molar-refractivity contribution in [2.45, 2.75) is 6.04 Å².